The van der Waals surface area contributed by atoms with Gasteiger partial charge in [-0.2, -0.15) is 0 Å². The monoisotopic (exact) mass is 246 g/mol. The molecular formula is C15H22N2O. The minimum atomic E-state index is -0.475. The second kappa shape index (κ2) is 5.00. The lowest BCUT2D eigenvalue weighted by molar-refractivity contribution is -0.0239. The van der Waals surface area contributed by atoms with Crippen LogP contribution in [0.15, 0.2) is 24.3 Å². The molecule has 98 valence electrons. The summed E-state index contributed by atoms with van der Waals surface area (Å²) < 4.78 is 0. The van der Waals surface area contributed by atoms with Gasteiger partial charge in [0.15, 0.2) is 0 Å². The average Bonchev–Trinajstić information content (AvgIpc) is 2.39. The van der Waals surface area contributed by atoms with Crippen molar-refractivity contribution >= 4 is 0 Å². The van der Waals surface area contributed by atoms with Gasteiger partial charge in [-0.25, -0.2) is 0 Å². The normalized spacial score (nSPS) is 23.6. The zero-order valence-corrected chi connectivity index (χ0v) is 10.9. The maximum atomic E-state index is 10.6. The highest BCUT2D eigenvalue weighted by molar-refractivity contribution is 5.29. The van der Waals surface area contributed by atoms with Crippen LogP contribution in [-0.2, 0) is 13.0 Å². The standard InChI is InChI=1S/C15H22N2O/c18-15(6-8-16-9-7-15)12-17-10-5-13-3-1-2-4-14(13)11-17/h1-4,16,18H,5-12H2. The zero-order valence-electron chi connectivity index (χ0n) is 10.9. The first kappa shape index (κ1) is 12.2. The Kier molecular flexibility index (Phi) is 3.37. The van der Waals surface area contributed by atoms with Gasteiger partial charge in [0.2, 0.25) is 0 Å². The Morgan fingerprint density at radius 3 is 2.67 bits per heavy atom. The number of nitrogens with one attached hydrogen (secondary N) is 1. The lowest BCUT2D eigenvalue weighted by atomic mass is 9.90. The fourth-order valence-electron chi connectivity index (χ4n) is 3.16. The van der Waals surface area contributed by atoms with Crippen molar-refractivity contribution in [3.05, 3.63) is 35.4 Å². The summed E-state index contributed by atoms with van der Waals surface area (Å²) in [6.45, 7) is 4.78. The number of fused-ring (bicyclic) bond motifs is 1. The summed E-state index contributed by atoms with van der Waals surface area (Å²) in [5, 5.41) is 13.9. The zero-order chi connectivity index (χ0) is 12.4. The summed E-state index contributed by atoms with van der Waals surface area (Å²) in [6.07, 6.45) is 2.88. The van der Waals surface area contributed by atoms with Crippen molar-refractivity contribution in [1.29, 1.82) is 0 Å². The molecule has 0 atom stereocenters. The average molecular weight is 246 g/mol. The summed E-state index contributed by atoms with van der Waals surface area (Å²) in [6, 6.07) is 8.68. The Balaban J connectivity index is 1.65. The summed E-state index contributed by atoms with van der Waals surface area (Å²) in [7, 11) is 0. The van der Waals surface area contributed by atoms with E-state index in [0.29, 0.717) is 0 Å². The van der Waals surface area contributed by atoms with Gasteiger partial charge in [-0.15, -0.1) is 0 Å². The molecule has 0 spiro atoms. The number of aliphatic hydroxyl groups is 1. The minimum absolute atomic E-state index is 0.475. The Bertz CT molecular complexity index is 413. The van der Waals surface area contributed by atoms with Crippen LogP contribution in [0.5, 0.6) is 0 Å². The number of nitrogens with zero attached hydrogens (tertiary/aromatic N) is 1. The van der Waals surface area contributed by atoms with E-state index in [9.17, 15) is 5.11 Å². The highest BCUT2D eigenvalue weighted by Crippen LogP contribution is 2.24. The first-order valence-electron chi connectivity index (χ1n) is 6.97. The molecule has 0 aliphatic carbocycles. The van der Waals surface area contributed by atoms with Crippen molar-refractivity contribution in [2.45, 2.75) is 31.4 Å². The van der Waals surface area contributed by atoms with E-state index in [4.69, 9.17) is 0 Å². The molecule has 0 saturated carbocycles. The molecule has 0 aromatic heterocycles. The molecule has 0 radical (unpaired) electrons. The maximum Gasteiger partial charge on any atom is 0.0798 e. The van der Waals surface area contributed by atoms with Gasteiger partial charge >= 0.3 is 0 Å². The Labute approximate surface area is 109 Å². The van der Waals surface area contributed by atoms with E-state index < -0.39 is 5.60 Å². The van der Waals surface area contributed by atoms with E-state index in [2.05, 4.69) is 34.5 Å². The van der Waals surface area contributed by atoms with Crippen molar-refractivity contribution in [2.24, 2.45) is 0 Å². The number of rotatable bonds is 2. The van der Waals surface area contributed by atoms with Crippen LogP contribution in [0.4, 0.5) is 0 Å². The highest BCUT2D eigenvalue weighted by atomic mass is 16.3. The molecule has 2 heterocycles. The molecule has 0 bridgehead atoms. The van der Waals surface area contributed by atoms with Gasteiger partial charge in [0.1, 0.15) is 0 Å². The van der Waals surface area contributed by atoms with Crippen LogP contribution >= 0.6 is 0 Å². The van der Waals surface area contributed by atoms with E-state index in [1.54, 1.807) is 0 Å². The molecule has 3 nitrogen and oxygen atoms in total. The predicted octanol–water partition coefficient (Wildman–Crippen LogP) is 1.16. The fourth-order valence-corrected chi connectivity index (χ4v) is 3.16. The van der Waals surface area contributed by atoms with Crippen LogP contribution in [0, 0.1) is 0 Å². The van der Waals surface area contributed by atoms with Crippen LogP contribution in [0.1, 0.15) is 24.0 Å². The molecule has 18 heavy (non-hydrogen) atoms. The highest BCUT2D eigenvalue weighted by Gasteiger charge is 2.32. The van der Waals surface area contributed by atoms with Gasteiger partial charge in [-0.05, 0) is 43.5 Å². The van der Waals surface area contributed by atoms with E-state index in [0.717, 1.165) is 52.0 Å². The Morgan fingerprint density at radius 2 is 1.89 bits per heavy atom. The number of hydrogen-bond acceptors (Lipinski definition) is 3. The lowest BCUT2D eigenvalue weighted by Crippen LogP contribution is -2.50. The van der Waals surface area contributed by atoms with E-state index in [1.807, 2.05) is 0 Å². The van der Waals surface area contributed by atoms with Crippen LogP contribution in [0.3, 0.4) is 0 Å². The first-order valence-corrected chi connectivity index (χ1v) is 6.97. The van der Waals surface area contributed by atoms with Crippen LogP contribution in [-0.4, -0.2) is 41.8 Å². The SMILES string of the molecule is OC1(CN2CCc3ccccc3C2)CCNCC1. The van der Waals surface area contributed by atoms with Crippen molar-refractivity contribution < 1.29 is 5.11 Å². The third-order valence-corrected chi connectivity index (χ3v) is 4.26. The van der Waals surface area contributed by atoms with E-state index in [1.165, 1.54) is 11.1 Å². The number of benzene rings is 1. The number of piperidine rings is 1. The van der Waals surface area contributed by atoms with Gasteiger partial charge in [0.05, 0.1) is 5.60 Å². The third-order valence-electron chi connectivity index (χ3n) is 4.26. The molecule has 1 aromatic rings. The summed E-state index contributed by atoms with van der Waals surface area (Å²) in [4.78, 5) is 2.41. The summed E-state index contributed by atoms with van der Waals surface area (Å²) in [5.74, 6) is 0. The van der Waals surface area contributed by atoms with Crippen LogP contribution < -0.4 is 5.32 Å². The second-order valence-electron chi connectivity index (χ2n) is 5.70. The summed E-state index contributed by atoms with van der Waals surface area (Å²) in [5.41, 5.74) is 2.43. The largest absolute Gasteiger partial charge is 0.388 e. The molecule has 1 fully saturated rings. The van der Waals surface area contributed by atoms with Gasteiger partial charge in [0.25, 0.3) is 0 Å². The predicted molar refractivity (Wildman–Crippen MR) is 72.5 cm³/mol. The molecule has 2 N–H and O–H groups in total. The van der Waals surface area contributed by atoms with Gasteiger partial charge in [-0.1, -0.05) is 24.3 Å². The number of hydrogen-bond donors (Lipinski definition) is 2. The minimum Gasteiger partial charge on any atom is -0.388 e. The van der Waals surface area contributed by atoms with Crippen LogP contribution in [0.25, 0.3) is 0 Å². The van der Waals surface area contributed by atoms with Crippen LogP contribution in [0.2, 0.25) is 0 Å². The third kappa shape index (κ3) is 2.58. The molecule has 3 rings (SSSR count). The maximum absolute atomic E-state index is 10.6. The molecular weight excluding hydrogens is 224 g/mol. The Hall–Kier alpha value is -0.900. The molecule has 3 heteroatoms. The van der Waals surface area contributed by atoms with E-state index in [-0.39, 0.29) is 0 Å². The Morgan fingerprint density at radius 1 is 1.17 bits per heavy atom. The molecule has 2 aliphatic heterocycles. The smallest absolute Gasteiger partial charge is 0.0798 e. The van der Waals surface area contributed by atoms with Crippen molar-refractivity contribution in [3.63, 3.8) is 0 Å². The fraction of sp³-hybridized carbons (Fsp3) is 0.600. The van der Waals surface area contributed by atoms with Crippen molar-refractivity contribution in [3.8, 4) is 0 Å². The first-order chi connectivity index (χ1) is 8.75. The van der Waals surface area contributed by atoms with Gasteiger partial charge in [0, 0.05) is 19.6 Å². The molecule has 0 unspecified atom stereocenters. The lowest BCUT2D eigenvalue weighted by Gasteiger charge is -2.39. The second-order valence-corrected chi connectivity index (χ2v) is 5.70. The van der Waals surface area contributed by atoms with E-state index >= 15 is 0 Å². The number of β-amino-alcohol motifs (C(OH)–C–C–N with tert-alkyl or cyclic N) is 1. The molecule has 1 saturated heterocycles. The quantitative estimate of drug-likeness (QED) is 0.822. The van der Waals surface area contributed by atoms with Crippen molar-refractivity contribution in [2.75, 3.05) is 26.2 Å². The molecule has 2 aliphatic rings. The molecule has 1 aromatic carbocycles. The topological polar surface area (TPSA) is 35.5 Å². The molecule has 0 amide bonds. The van der Waals surface area contributed by atoms with Gasteiger partial charge < -0.3 is 10.4 Å². The van der Waals surface area contributed by atoms with Crippen molar-refractivity contribution in [1.82, 2.24) is 10.2 Å². The van der Waals surface area contributed by atoms with Gasteiger partial charge in [-0.3, -0.25) is 4.90 Å². The summed E-state index contributed by atoms with van der Waals surface area (Å²) >= 11 is 0.